The summed E-state index contributed by atoms with van der Waals surface area (Å²) in [5.74, 6) is -0.0903. The summed E-state index contributed by atoms with van der Waals surface area (Å²) in [6, 6.07) is 2.64. The van der Waals surface area contributed by atoms with Gasteiger partial charge >= 0.3 is 0 Å². The Morgan fingerprint density at radius 2 is 1.91 bits per heavy atom. The lowest BCUT2D eigenvalue weighted by Gasteiger charge is -2.57. The van der Waals surface area contributed by atoms with Crippen LogP contribution in [0.1, 0.15) is 71.1 Å². The van der Waals surface area contributed by atoms with Crippen LogP contribution in [-0.2, 0) is 25.7 Å². The first kappa shape index (κ1) is 31.5. The highest BCUT2D eigenvalue weighted by Crippen LogP contribution is 2.58. The lowest BCUT2D eigenvalue weighted by atomic mass is 9.53. The highest BCUT2D eigenvalue weighted by molar-refractivity contribution is 6.36. The smallest absolute Gasteiger partial charge is 0.287 e. The van der Waals surface area contributed by atoms with E-state index in [2.05, 4.69) is 26.6 Å². The molecule has 0 aromatic carbocycles. The number of aromatic nitrogens is 1. The summed E-state index contributed by atoms with van der Waals surface area (Å²) in [5.41, 5.74) is -0.0565. The Kier molecular flexibility index (Phi) is 10.1. The van der Waals surface area contributed by atoms with Gasteiger partial charge in [0.1, 0.15) is 12.2 Å². The molecule has 2 unspecified atom stereocenters. The summed E-state index contributed by atoms with van der Waals surface area (Å²) in [6.07, 6.45) is 9.68. The van der Waals surface area contributed by atoms with Gasteiger partial charge in [-0.1, -0.05) is 6.42 Å². The fourth-order valence-electron chi connectivity index (χ4n) is 7.86. The molecule has 1 saturated heterocycles. The minimum absolute atomic E-state index is 0.0372. The number of halogens is 1. The molecule has 1 aromatic rings. The van der Waals surface area contributed by atoms with Crippen LogP contribution in [0.3, 0.4) is 0 Å². The number of nitrogens with one attached hydrogen (secondary N) is 5. The molecule has 2 heterocycles. The number of amides is 3. The lowest BCUT2D eigenvalue weighted by molar-refractivity contribution is -0.138. The standard InChI is InChI=1S/C31H45ClN6O5/c1-2-33-29(42)25(39)9-8-22(36-28(41)23-6-3-4-10-34-23)17-35-24-7-5-11-38(30(24)43)18-26(40)37-27-20-12-19-13-21(27)16-31(32,14-19)15-20/h5,7,11,19-23,27,34-35H,2-4,6,8-10,12-18H2,1H3,(H,33,42)(H,36,41)(H,37,40)/t19?,20?,21?,22-,23-,27?,31?/m0/s1. The third-order valence-electron chi connectivity index (χ3n) is 9.68. The molecule has 236 valence electrons. The summed E-state index contributed by atoms with van der Waals surface area (Å²) in [5, 5.41) is 15.1. The van der Waals surface area contributed by atoms with Crippen molar-refractivity contribution in [3.8, 4) is 0 Å². The number of carbonyl (C=O) groups is 4. The summed E-state index contributed by atoms with van der Waals surface area (Å²) in [7, 11) is 0. The lowest BCUT2D eigenvalue weighted by Crippen LogP contribution is -2.60. The van der Waals surface area contributed by atoms with Gasteiger partial charge in [0.25, 0.3) is 11.5 Å². The van der Waals surface area contributed by atoms with E-state index >= 15 is 0 Å². The summed E-state index contributed by atoms with van der Waals surface area (Å²) < 4.78 is 1.38. The molecule has 1 aliphatic heterocycles. The number of nitrogens with zero attached hydrogens (tertiary/aromatic N) is 1. The van der Waals surface area contributed by atoms with Crippen LogP contribution in [0, 0.1) is 17.8 Å². The van der Waals surface area contributed by atoms with E-state index in [0.29, 0.717) is 30.0 Å². The number of pyridine rings is 1. The summed E-state index contributed by atoms with van der Waals surface area (Å²) in [4.78, 5) is 63.4. The van der Waals surface area contributed by atoms with Crippen molar-refractivity contribution in [3.05, 3.63) is 28.7 Å². The number of hydrogen-bond donors (Lipinski definition) is 5. The van der Waals surface area contributed by atoms with E-state index in [4.69, 9.17) is 11.6 Å². The minimum Gasteiger partial charge on any atom is -0.379 e. The molecular weight excluding hydrogens is 572 g/mol. The van der Waals surface area contributed by atoms with Crippen LogP contribution in [0.4, 0.5) is 5.69 Å². The second-order valence-electron chi connectivity index (χ2n) is 13.0. The number of hydrogen-bond acceptors (Lipinski definition) is 7. The Labute approximate surface area is 257 Å². The van der Waals surface area contributed by atoms with E-state index in [1.54, 1.807) is 25.3 Å². The van der Waals surface area contributed by atoms with E-state index in [1.807, 2.05) is 0 Å². The van der Waals surface area contributed by atoms with Gasteiger partial charge in [0.2, 0.25) is 17.6 Å². The van der Waals surface area contributed by atoms with Crippen molar-refractivity contribution in [3.63, 3.8) is 0 Å². The minimum atomic E-state index is -0.644. The highest BCUT2D eigenvalue weighted by atomic mass is 35.5. The third-order valence-corrected chi connectivity index (χ3v) is 10.1. The van der Waals surface area contributed by atoms with Gasteiger partial charge in [-0.3, -0.25) is 24.0 Å². The third kappa shape index (κ3) is 7.78. The molecule has 1 aromatic heterocycles. The maximum absolute atomic E-state index is 13.3. The van der Waals surface area contributed by atoms with E-state index in [9.17, 15) is 24.0 Å². The molecule has 5 fully saturated rings. The average molecular weight is 617 g/mol. The monoisotopic (exact) mass is 616 g/mol. The Balaban J connectivity index is 1.19. The first-order valence-electron chi connectivity index (χ1n) is 15.9. The molecule has 3 amide bonds. The van der Waals surface area contributed by atoms with Gasteiger partial charge in [0.05, 0.1) is 6.04 Å². The number of Topliss-reactive ketones (excluding diaryl/α,β-unsaturated/α-hetero) is 1. The zero-order valence-corrected chi connectivity index (χ0v) is 25.7. The SMILES string of the molecule is CCNC(=O)C(=O)CC[C@@H](CNc1cccn(CC(=O)NC2C3CC4CC2CC(Cl)(C4)C3)c1=O)NC(=O)[C@@H]1CCCCN1. The van der Waals surface area contributed by atoms with Crippen LogP contribution >= 0.6 is 11.6 Å². The normalized spacial score (nSPS) is 29.9. The van der Waals surface area contributed by atoms with E-state index in [-0.39, 0.29) is 60.3 Å². The molecule has 43 heavy (non-hydrogen) atoms. The topological polar surface area (TPSA) is 150 Å². The largest absolute Gasteiger partial charge is 0.379 e. The first-order chi connectivity index (χ1) is 20.6. The molecule has 5 aliphatic rings. The predicted octanol–water partition coefficient (Wildman–Crippen LogP) is 1.67. The Hall–Kier alpha value is -2.92. The number of rotatable bonds is 13. The summed E-state index contributed by atoms with van der Waals surface area (Å²) in [6.45, 7) is 2.95. The van der Waals surface area contributed by atoms with Crippen LogP contribution < -0.4 is 32.1 Å². The van der Waals surface area contributed by atoms with Gasteiger partial charge in [-0.2, -0.15) is 0 Å². The highest BCUT2D eigenvalue weighted by Gasteiger charge is 2.55. The van der Waals surface area contributed by atoms with Gasteiger partial charge in [-0.25, -0.2) is 0 Å². The van der Waals surface area contributed by atoms with E-state index in [1.165, 1.54) is 4.57 Å². The van der Waals surface area contributed by atoms with Gasteiger partial charge in [0.15, 0.2) is 0 Å². The van der Waals surface area contributed by atoms with Gasteiger partial charge < -0.3 is 31.2 Å². The molecule has 5 N–H and O–H groups in total. The number of anilines is 1. The van der Waals surface area contributed by atoms with Crippen LogP contribution in [0.25, 0.3) is 0 Å². The maximum Gasteiger partial charge on any atom is 0.287 e. The fraction of sp³-hybridized carbons (Fsp3) is 0.710. The van der Waals surface area contributed by atoms with Crippen molar-refractivity contribution in [2.24, 2.45) is 17.8 Å². The Bertz CT molecular complexity index is 1250. The Morgan fingerprint density at radius 3 is 2.58 bits per heavy atom. The van der Waals surface area contributed by atoms with Crippen molar-refractivity contribution in [2.45, 2.75) is 101 Å². The van der Waals surface area contributed by atoms with Crippen molar-refractivity contribution >= 4 is 40.8 Å². The number of likely N-dealkylation sites (N-methyl/N-ethyl adjacent to an activating group) is 1. The number of alkyl halides is 1. The second-order valence-corrected chi connectivity index (χ2v) is 13.8. The number of piperidine rings is 1. The number of ketones is 1. The molecule has 4 bridgehead atoms. The summed E-state index contributed by atoms with van der Waals surface area (Å²) >= 11 is 6.86. The quantitative estimate of drug-likeness (QED) is 0.167. The predicted molar refractivity (Wildman–Crippen MR) is 164 cm³/mol. The van der Waals surface area contributed by atoms with Crippen molar-refractivity contribution in [2.75, 3.05) is 25.0 Å². The van der Waals surface area contributed by atoms with E-state index in [0.717, 1.165) is 57.9 Å². The zero-order chi connectivity index (χ0) is 30.6. The number of carbonyl (C=O) groups excluding carboxylic acids is 4. The van der Waals surface area contributed by atoms with Gasteiger partial charge in [-0.15, -0.1) is 11.6 Å². The molecule has 12 heteroatoms. The molecule has 4 aliphatic carbocycles. The molecule has 6 rings (SSSR count). The molecule has 0 radical (unpaired) electrons. The van der Waals surface area contributed by atoms with Gasteiger partial charge in [0, 0.05) is 42.7 Å². The second kappa shape index (κ2) is 13.8. The van der Waals surface area contributed by atoms with E-state index < -0.39 is 17.7 Å². The first-order valence-corrected chi connectivity index (χ1v) is 16.3. The molecular formula is C31H45ClN6O5. The van der Waals surface area contributed by atoms with Crippen LogP contribution in [0.5, 0.6) is 0 Å². The molecule has 11 nitrogen and oxygen atoms in total. The molecule has 4 saturated carbocycles. The van der Waals surface area contributed by atoms with Crippen molar-refractivity contribution in [1.29, 1.82) is 0 Å². The van der Waals surface area contributed by atoms with Gasteiger partial charge in [-0.05, 0) is 94.7 Å². The van der Waals surface area contributed by atoms with Crippen LogP contribution in [-0.4, -0.2) is 70.7 Å². The Morgan fingerprint density at radius 1 is 1.14 bits per heavy atom. The zero-order valence-electron chi connectivity index (χ0n) is 25.0. The maximum atomic E-state index is 13.3. The average Bonchev–Trinajstić information content (AvgIpc) is 2.97. The van der Waals surface area contributed by atoms with Crippen LogP contribution in [0.2, 0.25) is 0 Å². The molecule has 4 atom stereocenters. The molecule has 0 spiro atoms. The van der Waals surface area contributed by atoms with Crippen molar-refractivity contribution < 1.29 is 19.2 Å². The van der Waals surface area contributed by atoms with Crippen LogP contribution in [0.15, 0.2) is 23.1 Å². The fourth-order valence-corrected chi connectivity index (χ4v) is 8.47. The van der Waals surface area contributed by atoms with Crippen molar-refractivity contribution in [1.82, 2.24) is 25.8 Å².